The molecule has 4 nitrogen and oxygen atoms in total. The Morgan fingerprint density at radius 2 is 1.91 bits per heavy atom. The molecule has 2 rings (SSSR count). The van der Waals surface area contributed by atoms with Crippen LogP contribution in [0.3, 0.4) is 0 Å². The molecule has 0 fully saturated rings. The van der Waals surface area contributed by atoms with E-state index in [1.807, 2.05) is 55.3 Å². The second-order valence-electron chi connectivity index (χ2n) is 5.08. The van der Waals surface area contributed by atoms with Gasteiger partial charge in [0.15, 0.2) is 0 Å². The maximum Gasteiger partial charge on any atom is 0.228 e. The minimum absolute atomic E-state index is 0.126. The van der Waals surface area contributed by atoms with Gasteiger partial charge in [-0.25, -0.2) is 4.98 Å². The molecule has 0 bridgehead atoms. The number of thiazole rings is 1. The second kappa shape index (κ2) is 7.94. The summed E-state index contributed by atoms with van der Waals surface area (Å²) < 4.78 is 5.71. The topological polar surface area (TPSA) is 42.4 Å². The van der Waals surface area contributed by atoms with Gasteiger partial charge in [-0.2, -0.15) is 0 Å². The van der Waals surface area contributed by atoms with Crippen LogP contribution in [0.25, 0.3) is 0 Å². The predicted octanol–water partition coefficient (Wildman–Crippen LogP) is 3.44. The Morgan fingerprint density at radius 3 is 2.55 bits per heavy atom. The van der Waals surface area contributed by atoms with Gasteiger partial charge in [0.1, 0.15) is 17.4 Å². The van der Waals surface area contributed by atoms with Crippen LogP contribution in [0.1, 0.15) is 30.1 Å². The summed E-state index contributed by atoms with van der Waals surface area (Å²) in [6, 6.07) is 7.94. The van der Waals surface area contributed by atoms with Crippen molar-refractivity contribution in [1.29, 1.82) is 0 Å². The van der Waals surface area contributed by atoms with Crippen LogP contribution in [-0.2, 0) is 17.8 Å². The van der Waals surface area contributed by atoms with Crippen molar-refractivity contribution in [3.05, 3.63) is 45.9 Å². The minimum atomic E-state index is 0.126. The number of nitrogens with zero attached hydrogens (tertiary/aromatic N) is 2. The van der Waals surface area contributed by atoms with Crippen LogP contribution in [-0.4, -0.2) is 28.9 Å². The number of rotatable bonds is 7. The molecule has 0 saturated carbocycles. The summed E-state index contributed by atoms with van der Waals surface area (Å²) >= 11 is 1.53. The monoisotopic (exact) mass is 318 g/mol. The van der Waals surface area contributed by atoms with E-state index in [1.54, 1.807) is 0 Å². The number of hydrogen-bond donors (Lipinski definition) is 0. The first-order valence-electron chi connectivity index (χ1n) is 7.52. The number of aromatic nitrogens is 1. The van der Waals surface area contributed by atoms with E-state index in [0.717, 1.165) is 29.5 Å². The Bertz CT molecular complexity index is 603. The van der Waals surface area contributed by atoms with E-state index in [4.69, 9.17) is 4.74 Å². The molecule has 1 aromatic carbocycles. The van der Waals surface area contributed by atoms with Gasteiger partial charge < -0.3 is 9.64 Å². The molecule has 2 aromatic rings. The van der Waals surface area contributed by atoms with Gasteiger partial charge in [0.2, 0.25) is 5.91 Å². The highest BCUT2D eigenvalue weighted by molar-refractivity contribution is 7.09. The third-order valence-corrected chi connectivity index (χ3v) is 4.30. The van der Waals surface area contributed by atoms with Gasteiger partial charge in [0.25, 0.3) is 0 Å². The van der Waals surface area contributed by atoms with E-state index < -0.39 is 0 Å². The number of hydrogen-bond acceptors (Lipinski definition) is 4. The summed E-state index contributed by atoms with van der Waals surface area (Å²) in [6.07, 6.45) is 0.364. The van der Waals surface area contributed by atoms with Crippen molar-refractivity contribution in [3.8, 4) is 5.75 Å². The van der Waals surface area contributed by atoms with Gasteiger partial charge in [-0.3, -0.25) is 4.79 Å². The smallest absolute Gasteiger partial charge is 0.228 e. The van der Waals surface area contributed by atoms with Crippen molar-refractivity contribution in [2.45, 2.75) is 33.8 Å². The first-order chi connectivity index (χ1) is 10.6. The van der Waals surface area contributed by atoms with Gasteiger partial charge in [-0.05, 0) is 32.9 Å². The van der Waals surface area contributed by atoms with Gasteiger partial charge in [0, 0.05) is 18.5 Å². The molecule has 5 heteroatoms. The SMILES string of the molecule is CCN(CC)C(=O)Cc1csc(COc2ccc(C)cc2)n1. The van der Waals surface area contributed by atoms with Crippen LogP contribution in [0.5, 0.6) is 5.75 Å². The van der Waals surface area contributed by atoms with Crippen LogP contribution in [0.4, 0.5) is 0 Å². The van der Waals surface area contributed by atoms with Crippen molar-refractivity contribution >= 4 is 17.2 Å². The van der Waals surface area contributed by atoms with Crippen LogP contribution in [0.2, 0.25) is 0 Å². The van der Waals surface area contributed by atoms with E-state index in [2.05, 4.69) is 4.98 Å². The van der Waals surface area contributed by atoms with Crippen molar-refractivity contribution < 1.29 is 9.53 Å². The molecule has 0 aliphatic heterocycles. The zero-order chi connectivity index (χ0) is 15.9. The van der Waals surface area contributed by atoms with Crippen LogP contribution < -0.4 is 4.74 Å². The average molecular weight is 318 g/mol. The zero-order valence-corrected chi connectivity index (χ0v) is 14.2. The molecule has 0 aliphatic rings. The standard InChI is InChI=1S/C17H22N2O2S/c1-4-19(5-2)17(20)10-14-12-22-16(18-14)11-21-15-8-6-13(3)7-9-15/h6-9,12H,4-5,10-11H2,1-3H3. The van der Waals surface area contributed by atoms with Crippen LogP contribution in [0, 0.1) is 6.92 Å². The lowest BCUT2D eigenvalue weighted by atomic mass is 10.2. The Balaban J connectivity index is 1.88. The number of aryl methyl sites for hydroxylation is 1. The largest absolute Gasteiger partial charge is 0.486 e. The summed E-state index contributed by atoms with van der Waals surface area (Å²) in [5, 5.41) is 2.83. The molecule has 118 valence electrons. The van der Waals surface area contributed by atoms with Gasteiger partial charge in [-0.1, -0.05) is 17.7 Å². The van der Waals surface area contributed by atoms with Crippen molar-refractivity contribution in [3.63, 3.8) is 0 Å². The summed E-state index contributed by atoms with van der Waals surface area (Å²) in [6.45, 7) is 7.94. The predicted molar refractivity (Wildman–Crippen MR) is 89.3 cm³/mol. The Labute approximate surface area is 135 Å². The summed E-state index contributed by atoms with van der Waals surface area (Å²) in [4.78, 5) is 18.4. The quantitative estimate of drug-likeness (QED) is 0.785. The number of ether oxygens (including phenoxy) is 1. The first kappa shape index (κ1) is 16.5. The fraction of sp³-hybridized carbons (Fsp3) is 0.412. The first-order valence-corrected chi connectivity index (χ1v) is 8.40. The van der Waals surface area contributed by atoms with Crippen molar-refractivity contribution in [2.24, 2.45) is 0 Å². The molecule has 1 amide bonds. The molecule has 0 saturated heterocycles. The van der Waals surface area contributed by atoms with Gasteiger partial charge in [0.05, 0.1) is 12.1 Å². The molecular weight excluding hydrogens is 296 g/mol. The fourth-order valence-electron chi connectivity index (χ4n) is 2.12. The summed E-state index contributed by atoms with van der Waals surface area (Å²) in [7, 11) is 0. The molecule has 1 aromatic heterocycles. The molecule has 0 atom stereocenters. The lowest BCUT2D eigenvalue weighted by Gasteiger charge is -2.17. The van der Waals surface area contributed by atoms with Crippen LogP contribution in [0.15, 0.2) is 29.6 Å². The summed E-state index contributed by atoms with van der Waals surface area (Å²) in [5.41, 5.74) is 2.03. The third kappa shape index (κ3) is 4.56. The second-order valence-corrected chi connectivity index (χ2v) is 6.02. The number of carbonyl (C=O) groups excluding carboxylic acids is 1. The highest BCUT2D eigenvalue weighted by Gasteiger charge is 2.12. The van der Waals surface area contributed by atoms with Crippen molar-refractivity contribution in [2.75, 3.05) is 13.1 Å². The van der Waals surface area contributed by atoms with E-state index in [-0.39, 0.29) is 5.91 Å². The Morgan fingerprint density at radius 1 is 1.23 bits per heavy atom. The van der Waals surface area contributed by atoms with E-state index >= 15 is 0 Å². The fourth-order valence-corrected chi connectivity index (χ4v) is 2.82. The van der Waals surface area contributed by atoms with Gasteiger partial charge >= 0.3 is 0 Å². The number of likely N-dealkylation sites (N-methyl/N-ethyl adjacent to an activating group) is 1. The molecular formula is C17H22N2O2S. The maximum absolute atomic E-state index is 12.1. The normalized spacial score (nSPS) is 10.5. The molecule has 0 spiro atoms. The highest BCUT2D eigenvalue weighted by atomic mass is 32.1. The zero-order valence-electron chi connectivity index (χ0n) is 13.3. The van der Waals surface area contributed by atoms with E-state index in [1.165, 1.54) is 16.9 Å². The number of amides is 1. The highest BCUT2D eigenvalue weighted by Crippen LogP contribution is 2.16. The van der Waals surface area contributed by atoms with Crippen LogP contribution >= 0.6 is 11.3 Å². The lowest BCUT2D eigenvalue weighted by molar-refractivity contribution is -0.130. The molecule has 0 radical (unpaired) electrons. The number of carbonyl (C=O) groups is 1. The maximum atomic E-state index is 12.1. The Hall–Kier alpha value is -1.88. The molecule has 1 heterocycles. The third-order valence-electron chi connectivity index (χ3n) is 3.43. The molecule has 0 unspecified atom stereocenters. The van der Waals surface area contributed by atoms with E-state index in [9.17, 15) is 4.79 Å². The number of benzene rings is 1. The van der Waals surface area contributed by atoms with E-state index in [0.29, 0.717) is 13.0 Å². The average Bonchev–Trinajstić information content (AvgIpc) is 2.95. The lowest BCUT2D eigenvalue weighted by Crippen LogP contribution is -2.31. The minimum Gasteiger partial charge on any atom is -0.486 e. The molecule has 0 aliphatic carbocycles. The summed E-state index contributed by atoms with van der Waals surface area (Å²) in [5.74, 6) is 0.961. The molecule has 22 heavy (non-hydrogen) atoms. The molecule has 0 N–H and O–H groups in total. The Kier molecular flexibility index (Phi) is 5.95. The van der Waals surface area contributed by atoms with Crippen molar-refractivity contribution in [1.82, 2.24) is 9.88 Å². The van der Waals surface area contributed by atoms with Gasteiger partial charge in [-0.15, -0.1) is 11.3 Å².